The van der Waals surface area contributed by atoms with Crippen LogP contribution >= 0.6 is 39.9 Å². The maximum Gasteiger partial charge on any atom is 0.144 e. The first-order valence-corrected chi connectivity index (χ1v) is 7.98. The molecule has 2 nitrogen and oxygen atoms in total. The van der Waals surface area contributed by atoms with Crippen molar-refractivity contribution < 1.29 is 0 Å². The fourth-order valence-corrected chi connectivity index (χ4v) is 2.97. The highest BCUT2D eigenvalue weighted by atomic mass is 79.9. The summed E-state index contributed by atoms with van der Waals surface area (Å²) in [6.45, 7) is 6.65. The highest BCUT2D eigenvalue weighted by Gasteiger charge is 2.27. The molecular weight excluding hydrogens is 316 g/mol. The number of rotatable bonds is 3. The van der Waals surface area contributed by atoms with E-state index in [4.69, 9.17) is 12.2 Å². The minimum atomic E-state index is 0.254. The van der Waals surface area contributed by atoms with Gasteiger partial charge in [-0.05, 0) is 28.8 Å². The number of halogens is 1. The zero-order chi connectivity index (χ0) is 12.6. The molecule has 1 heterocycles. The highest BCUT2D eigenvalue weighted by molar-refractivity contribution is 9.10. The van der Waals surface area contributed by atoms with Crippen LogP contribution in [0.5, 0.6) is 0 Å². The molecule has 0 unspecified atom stereocenters. The van der Waals surface area contributed by atoms with Crippen molar-refractivity contribution in [3.8, 4) is 0 Å². The Bertz CT molecular complexity index is 472. The third-order valence-corrected chi connectivity index (χ3v) is 5.21. The van der Waals surface area contributed by atoms with Gasteiger partial charge in [0.05, 0.1) is 10.2 Å². The molecule has 0 saturated heterocycles. The SMILES string of the molecule is CC(C)(C)SCc1nc(=S)c(Br)c(C2CC2)[nH]1. The Morgan fingerprint density at radius 3 is 2.65 bits per heavy atom. The second-order valence-corrected chi connectivity index (χ2v) is 8.37. The van der Waals surface area contributed by atoms with Crippen molar-refractivity contribution in [2.24, 2.45) is 0 Å². The fraction of sp³-hybridized carbons (Fsp3) is 0.667. The molecule has 0 amide bonds. The van der Waals surface area contributed by atoms with Gasteiger partial charge in [0, 0.05) is 16.4 Å². The summed E-state index contributed by atoms with van der Waals surface area (Å²) >= 11 is 10.7. The lowest BCUT2D eigenvalue weighted by atomic mass is 10.3. The smallest absolute Gasteiger partial charge is 0.144 e. The van der Waals surface area contributed by atoms with Crippen LogP contribution in [0.3, 0.4) is 0 Å². The van der Waals surface area contributed by atoms with Crippen LogP contribution in [0.15, 0.2) is 4.47 Å². The molecule has 1 N–H and O–H groups in total. The molecule has 1 saturated carbocycles. The van der Waals surface area contributed by atoms with Crippen LogP contribution in [0.1, 0.15) is 51.0 Å². The van der Waals surface area contributed by atoms with Crippen molar-refractivity contribution in [3.05, 3.63) is 20.6 Å². The van der Waals surface area contributed by atoms with E-state index in [0.29, 0.717) is 10.6 Å². The Kier molecular flexibility index (Phi) is 4.00. The fourth-order valence-electron chi connectivity index (χ4n) is 1.53. The molecule has 5 heteroatoms. The van der Waals surface area contributed by atoms with Gasteiger partial charge in [-0.3, -0.25) is 0 Å². The molecule has 17 heavy (non-hydrogen) atoms. The maximum absolute atomic E-state index is 5.30. The summed E-state index contributed by atoms with van der Waals surface area (Å²) in [7, 11) is 0. The van der Waals surface area contributed by atoms with Gasteiger partial charge in [-0.1, -0.05) is 33.0 Å². The quantitative estimate of drug-likeness (QED) is 0.805. The largest absolute Gasteiger partial charge is 0.345 e. The van der Waals surface area contributed by atoms with Crippen LogP contribution < -0.4 is 0 Å². The number of hydrogen-bond donors (Lipinski definition) is 1. The Morgan fingerprint density at radius 1 is 1.47 bits per heavy atom. The van der Waals surface area contributed by atoms with E-state index in [9.17, 15) is 0 Å². The van der Waals surface area contributed by atoms with Crippen molar-refractivity contribution in [1.29, 1.82) is 0 Å². The maximum atomic E-state index is 5.30. The summed E-state index contributed by atoms with van der Waals surface area (Å²) in [5.41, 5.74) is 1.24. The first-order chi connectivity index (χ1) is 7.87. The second-order valence-electron chi connectivity index (χ2n) is 5.39. The molecule has 0 aromatic carbocycles. The van der Waals surface area contributed by atoms with Crippen molar-refractivity contribution in [1.82, 2.24) is 9.97 Å². The lowest BCUT2D eigenvalue weighted by Crippen LogP contribution is -2.09. The molecule has 1 aliphatic carbocycles. The Balaban J connectivity index is 2.21. The highest BCUT2D eigenvalue weighted by Crippen LogP contribution is 2.42. The number of nitrogens with one attached hydrogen (secondary N) is 1. The minimum absolute atomic E-state index is 0.254. The number of nitrogens with zero attached hydrogens (tertiary/aromatic N) is 1. The van der Waals surface area contributed by atoms with Crippen LogP contribution in [0, 0.1) is 4.64 Å². The van der Waals surface area contributed by atoms with E-state index in [0.717, 1.165) is 16.0 Å². The number of H-pyrrole nitrogens is 1. The summed E-state index contributed by atoms with van der Waals surface area (Å²) in [6.07, 6.45) is 2.53. The second kappa shape index (κ2) is 5.02. The Labute approximate surface area is 120 Å². The third kappa shape index (κ3) is 3.80. The average molecular weight is 333 g/mol. The van der Waals surface area contributed by atoms with E-state index in [-0.39, 0.29) is 4.75 Å². The van der Waals surface area contributed by atoms with Gasteiger partial charge in [0.25, 0.3) is 0 Å². The lowest BCUT2D eigenvalue weighted by Gasteiger charge is -2.17. The molecule has 0 radical (unpaired) electrons. The molecule has 0 aliphatic heterocycles. The molecule has 0 spiro atoms. The molecule has 94 valence electrons. The molecule has 0 atom stereocenters. The van der Waals surface area contributed by atoms with Crippen LogP contribution in [0.2, 0.25) is 0 Å². The number of aromatic amines is 1. The standard InChI is InChI=1S/C12H17BrN2S2/c1-12(2,3)17-6-8-14-10(7-4-5-7)9(13)11(16)15-8/h7H,4-6H2,1-3H3,(H,14,15,16). The van der Waals surface area contributed by atoms with Gasteiger partial charge in [-0.15, -0.1) is 11.8 Å². The van der Waals surface area contributed by atoms with E-state index in [1.54, 1.807) is 0 Å². The lowest BCUT2D eigenvalue weighted by molar-refractivity contribution is 0.798. The van der Waals surface area contributed by atoms with Crippen molar-refractivity contribution in [2.45, 2.75) is 50.0 Å². The Morgan fingerprint density at radius 2 is 2.12 bits per heavy atom. The number of hydrogen-bond acceptors (Lipinski definition) is 3. The molecule has 0 bridgehead atoms. The van der Waals surface area contributed by atoms with Crippen LogP contribution in [-0.2, 0) is 5.75 Å². The average Bonchev–Trinajstić information content (AvgIpc) is 3.02. The van der Waals surface area contributed by atoms with E-state index in [1.165, 1.54) is 18.5 Å². The first kappa shape index (κ1) is 13.6. The van der Waals surface area contributed by atoms with Gasteiger partial charge in [0.1, 0.15) is 10.5 Å². The minimum Gasteiger partial charge on any atom is -0.345 e. The molecule has 1 aliphatic rings. The number of thioether (sulfide) groups is 1. The normalized spacial score (nSPS) is 16.2. The van der Waals surface area contributed by atoms with Gasteiger partial charge in [-0.2, -0.15) is 0 Å². The summed E-state index contributed by atoms with van der Waals surface area (Å²) < 4.78 is 1.93. The van der Waals surface area contributed by atoms with Crippen molar-refractivity contribution in [3.63, 3.8) is 0 Å². The van der Waals surface area contributed by atoms with E-state index in [1.807, 2.05) is 11.8 Å². The zero-order valence-corrected chi connectivity index (χ0v) is 13.6. The van der Waals surface area contributed by atoms with Gasteiger partial charge < -0.3 is 4.98 Å². The monoisotopic (exact) mass is 332 g/mol. The predicted molar refractivity (Wildman–Crippen MR) is 80.1 cm³/mol. The van der Waals surface area contributed by atoms with Gasteiger partial charge in [-0.25, -0.2) is 4.98 Å². The van der Waals surface area contributed by atoms with Crippen LogP contribution in [0.4, 0.5) is 0 Å². The summed E-state index contributed by atoms with van der Waals surface area (Å²) in [5.74, 6) is 2.55. The summed E-state index contributed by atoms with van der Waals surface area (Å²) in [5, 5.41) is 0. The molecule has 1 fully saturated rings. The van der Waals surface area contributed by atoms with Crippen molar-refractivity contribution in [2.75, 3.05) is 0 Å². The Hall–Kier alpha value is 0.130. The van der Waals surface area contributed by atoms with Gasteiger partial charge in [0.2, 0.25) is 0 Å². The van der Waals surface area contributed by atoms with E-state index >= 15 is 0 Å². The zero-order valence-electron chi connectivity index (χ0n) is 10.3. The third-order valence-electron chi connectivity index (χ3n) is 2.57. The topological polar surface area (TPSA) is 28.7 Å². The summed E-state index contributed by atoms with van der Waals surface area (Å²) in [6, 6.07) is 0. The van der Waals surface area contributed by atoms with E-state index in [2.05, 4.69) is 46.7 Å². The molecule has 1 aromatic heterocycles. The summed E-state index contributed by atoms with van der Waals surface area (Å²) in [4.78, 5) is 7.88. The van der Waals surface area contributed by atoms with Gasteiger partial charge in [0.15, 0.2) is 0 Å². The van der Waals surface area contributed by atoms with Crippen LogP contribution in [-0.4, -0.2) is 14.7 Å². The van der Waals surface area contributed by atoms with Crippen LogP contribution in [0.25, 0.3) is 0 Å². The number of aromatic nitrogens is 2. The molecular formula is C12H17BrN2S2. The molecule has 1 aromatic rings. The predicted octanol–water partition coefficient (Wildman–Crippen LogP) is 4.81. The van der Waals surface area contributed by atoms with Gasteiger partial charge >= 0.3 is 0 Å². The first-order valence-electron chi connectivity index (χ1n) is 5.79. The van der Waals surface area contributed by atoms with Crippen molar-refractivity contribution >= 4 is 39.9 Å². The van der Waals surface area contributed by atoms with E-state index < -0.39 is 0 Å². The molecule has 2 rings (SSSR count).